The molecule has 0 aliphatic heterocycles. The molecule has 0 rings (SSSR count). The molecule has 7 heteroatoms. The lowest BCUT2D eigenvalue weighted by Gasteiger charge is -2.37. The predicted octanol–water partition coefficient (Wildman–Crippen LogP) is 3.08. The molecule has 0 saturated heterocycles. The van der Waals surface area contributed by atoms with Gasteiger partial charge in [-0.1, -0.05) is 20.8 Å². The second kappa shape index (κ2) is 4.42. The largest absolute Gasteiger partial charge is 0.463 e. The highest BCUT2D eigenvalue weighted by atomic mass is 19.4. The minimum absolute atomic E-state index is 0.438. The summed E-state index contributed by atoms with van der Waals surface area (Å²) in [7, 11) is 0.942. The van der Waals surface area contributed by atoms with Crippen molar-refractivity contribution in [2.45, 2.75) is 45.8 Å². The van der Waals surface area contributed by atoms with E-state index in [1.165, 1.54) is 6.92 Å². The maximum atomic E-state index is 12.8. The first-order chi connectivity index (χ1) is 7.23. The van der Waals surface area contributed by atoms with Gasteiger partial charge >= 0.3 is 18.0 Å². The third-order valence-corrected chi connectivity index (χ3v) is 2.78. The standard InChI is InChI=1S/C10H16F5NO/c1-6(8(2,3)4)16(5)7(17)9(11,12)10(13,14)15/h6H,1-5H3. The predicted molar refractivity (Wildman–Crippen MR) is 52.7 cm³/mol. The van der Waals surface area contributed by atoms with Crippen molar-refractivity contribution in [1.82, 2.24) is 4.90 Å². The Hall–Kier alpha value is -0.880. The van der Waals surface area contributed by atoms with Crippen LogP contribution < -0.4 is 0 Å². The van der Waals surface area contributed by atoms with Gasteiger partial charge in [-0.2, -0.15) is 22.0 Å². The number of carbonyl (C=O) groups is 1. The van der Waals surface area contributed by atoms with Crippen molar-refractivity contribution in [1.29, 1.82) is 0 Å². The number of nitrogens with zero attached hydrogens (tertiary/aromatic N) is 1. The third-order valence-electron chi connectivity index (χ3n) is 2.78. The topological polar surface area (TPSA) is 20.3 Å². The van der Waals surface area contributed by atoms with E-state index in [4.69, 9.17) is 0 Å². The van der Waals surface area contributed by atoms with Gasteiger partial charge in [0, 0.05) is 13.1 Å². The Morgan fingerprint density at radius 2 is 1.41 bits per heavy atom. The van der Waals surface area contributed by atoms with Crippen LogP contribution in [0.3, 0.4) is 0 Å². The van der Waals surface area contributed by atoms with Crippen LogP contribution in [0, 0.1) is 5.41 Å². The SMILES string of the molecule is CC(N(C)C(=O)C(F)(F)C(F)(F)F)C(C)(C)C. The Bertz CT molecular complexity index is 292. The van der Waals surface area contributed by atoms with Crippen LogP contribution in [-0.4, -0.2) is 36.0 Å². The number of rotatable bonds is 2. The van der Waals surface area contributed by atoms with Gasteiger partial charge in [-0.25, -0.2) is 0 Å². The molecule has 0 aromatic heterocycles. The molecule has 2 nitrogen and oxygen atoms in total. The minimum atomic E-state index is -5.87. The van der Waals surface area contributed by atoms with E-state index in [9.17, 15) is 26.7 Å². The smallest absolute Gasteiger partial charge is 0.337 e. The van der Waals surface area contributed by atoms with Crippen molar-refractivity contribution in [2.75, 3.05) is 7.05 Å². The molecule has 1 atom stereocenters. The molecule has 0 saturated carbocycles. The van der Waals surface area contributed by atoms with Crippen molar-refractivity contribution in [3.8, 4) is 0 Å². The number of hydrogen-bond acceptors (Lipinski definition) is 1. The Morgan fingerprint density at radius 1 is 1.06 bits per heavy atom. The minimum Gasteiger partial charge on any atom is -0.337 e. The van der Waals surface area contributed by atoms with E-state index in [2.05, 4.69) is 0 Å². The van der Waals surface area contributed by atoms with Crippen LogP contribution in [-0.2, 0) is 4.79 Å². The highest BCUT2D eigenvalue weighted by Crippen LogP contribution is 2.38. The molecule has 102 valence electrons. The first kappa shape index (κ1) is 16.1. The number of carbonyl (C=O) groups excluding carboxylic acids is 1. The molecule has 0 heterocycles. The molecule has 0 spiro atoms. The van der Waals surface area contributed by atoms with E-state index >= 15 is 0 Å². The summed E-state index contributed by atoms with van der Waals surface area (Å²) in [6.07, 6.45) is -5.87. The van der Waals surface area contributed by atoms with Crippen LogP contribution in [0.5, 0.6) is 0 Å². The molecular formula is C10H16F5NO. The Balaban J connectivity index is 5.09. The zero-order valence-corrected chi connectivity index (χ0v) is 10.3. The van der Waals surface area contributed by atoms with E-state index in [1.54, 1.807) is 20.8 Å². The van der Waals surface area contributed by atoms with Gasteiger partial charge in [-0.05, 0) is 12.3 Å². The molecule has 0 aromatic carbocycles. The average Bonchev–Trinajstić information content (AvgIpc) is 2.10. The fraction of sp³-hybridized carbons (Fsp3) is 0.900. The molecule has 0 radical (unpaired) electrons. The average molecular weight is 261 g/mol. The Labute approximate surface area is 96.8 Å². The quantitative estimate of drug-likeness (QED) is 0.699. The van der Waals surface area contributed by atoms with Gasteiger partial charge in [-0.15, -0.1) is 0 Å². The molecule has 0 aromatic rings. The maximum absolute atomic E-state index is 12.8. The van der Waals surface area contributed by atoms with Crippen LogP contribution in [0.25, 0.3) is 0 Å². The number of halogens is 5. The van der Waals surface area contributed by atoms with Gasteiger partial charge in [0.25, 0.3) is 0 Å². The zero-order valence-electron chi connectivity index (χ0n) is 10.3. The summed E-state index contributed by atoms with van der Waals surface area (Å²) < 4.78 is 61.6. The fourth-order valence-corrected chi connectivity index (χ4v) is 1.10. The van der Waals surface area contributed by atoms with E-state index in [1.807, 2.05) is 0 Å². The summed E-state index contributed by atoms with van der Waals surface area (Å²) in [5.41, 5.74) is -0.591. The second-order valence-electron chi connectivity index (χ2n) is 5.03. The summed E-state index contributed by atoms with van der Waals surface area (Å²) in [6, 6.07) is -0.747. The lowest BCUT2D eigenvalue weighted by molar-refractivity contribution is -0.275. The highest BCUT2D eigenvalue weighted by molar-refractivity contribution is 5.84. The monoisotopic (exact) mass is 261 g/mol. The van der Waals surface area contributed by atoms with Crippen LogP contribution >= 0.6 is 0 Å². The van der Waals surface area contributed by atoms with E-state index in [0.29, 0.717) is 4.90 Å². The van der Waals surface area contributed by atoms with Gasteiger partial charge in [0.05, 0.1) is 0 Å². The molecular weight excluding hydrogens is 245 g/mol. The van der Waals surface area contributed by atoms with E-state index < -0.39 is 29.5 Å². The van der Waals surface area contributed by atoms with Crippen LogP contribution in [0.1, 0.15) is 27.7 Å². The van der Waals surface area contributed by atoms with Crippen molar-refractivity contribution in [3.63, 3.8) is 0 Å². The first-order valence-electron chi connectivity index (χ1n) is 4.94. The third kappa shape index (κ3) is 3.29. The number of hydrogen-bond donors (Lipinski definition) is 0. The Kier molecular flexibility index (Phi) is 4.19. The molecule has 17 heavy (non-hydrogen) atoms. The van der Waals surface area contributed by atoms with Gasteiger partial charge in [0.1, 0.15) is 0 Å². The molecule has 0 aliphatic carbocycles. The lowest BCUT2D eigenvalue weighted by Crippen LogP contribution is -2.55. The molecule has 0 N–H and O–H groups in total. The summed E-state index contributed by atoms with van der Waals surface area (Å²) in [5, 5.41) is 0. The van der Waals surface area contributed by atoms with Gasteiger partial charge in [-0.3, -0.25) is 4.79 Å². The Morgan fingerprint density at radius 3 is 1.65 bits per heavy atom. The molecule has 1 amide bonds. The molecule has 1 unspecified atom stereocenters. The second-order valence-corrected chi connectivity index (χ2v) is 5.03. The summed E-state index contributed by atoms with van der Waals surface area (Å²) in [4.78, 5) is 11.6. The van der Waals surface area contributed by atoms with Crippen molar-refractivity contribution < 1.29 is 26.7 Å². The van der Waals surface area contributed by atoms with Crippen molar-refractivity contribution in [3.05, 3.63) is 0 Å². The van der Waals surface area contributed by atoms with E-state index in [-0.39, 0.29) is 0 Å². The lowest BCUT2D eigenvalue weighted by atomic mass is 9.87. The zero-order chi connectivity index (χ0) is 14.2. The molecule has 0 aliphatic rings. The van der Waals surface area contributed by atoms with Crippen molar-refractivity contribution >= 4 is 5.91 Å². The van der Waals surface area contributed by atoms with Gasteiger partial charge in [0.15, 0.2) is 0 Å². The molecule has 0 bridgehead atoms. The van der Waals surface area contributed by atoms with Gasteiger partial charge < -0.3 is 4.90 Å². The summed E-state index contributed by atoms with van der Waals surface area (Å²) in [5.74, 6) is -7.58. The summed E-state index contributed by atoms with van der Waals surface area (Å²) >= 11 is 0. The maximum Gasteiger partial charge on any atom is 0.463 e. The van der Waals surface area contributed by atoms with E-state index in [0.717, 1.165) is 7.05 Å². The first-order valence-corrected chi connectivity index (χ1v) is 4.94. The molecule has 0 fully saturated rings. The van der Waals surface area contributed by atoms with Crippen molar-refractivity contribution in [2.24, 2.45) is 5.41 Å². The van der Waals surface area contributed by atoms with Crippen LogP contribution in [0.4, 0.5) is 22.0 Å². The number of amides is 1. The van der Waals surface area contributed by atoms with Gasteiger partial charge in [0.2, 0.25) is 0 Å². The van der Waals surface area contributed by atoms with Crippen LogP contribution in [0.15, 0.2) is 0 Å². The fourth-order valence-electron chi connectivity index (χ4n) is 1.10. The van der Waals surface area contributed by atoms with Crippen LogP contribution in [0.2, 0.25) is 0 Å². The highest BCUT2D eigenvalue weighted by Gasteiger charge is 2.64. The number of alkyl halides is 5. The normalized spacial score (nSPS) is 15.6. The summed E-state index contributed by atoms with van der Waals surface area (Å²) in [6.45, 7) is 6.36.